The average Bonchev–Trinajstić information content (AvgIpc) is 3.87. The molecule has 2 saturated heterocycles. The van der Waals surface area contributed by atoms with Crippen molar-refractivity contribution in [1.29, 1.82) is 0 Å². The number of methoxy groups -OCH3 is 2. The molecule has 2 aromatic carbocycles. The van der Waals surface area contributed by atoms with Crippen LogP contribution in [-0.2, 0) is 38.1 Å². The van der Waals surface area contributed by atoms with Gasteiger partial charge in [0.15, 0.2) is 24.8 Å². The third-order valence-electron chi connectivity index (χ3n) is 10.4. The zero-order chi connectivity index (χ0) is 42.0. The smallest absolute Gasteiger partial charge is 0.407 e. The van der Waals surface area contributed by atoms with Crippen molar-refractivity contribution in [1.82, 2.24) is 20.4 Å². The zero-order valence-electron chi connectivity index (χ0n) is 33.5. The molecule has 57 heavy (non-hydrogen) atoms. The molecule has 0 aliphatic carbocycles. The average molecular weight is 793 g/mol. The molecule has 0 aromatic heterocycles. The number of ketones is 2. The molecule has 4 unspecified atom stereocenters. The number of amides is 4. The van der Waals surface area contributed by atoms with Gasteiger partial charge >= 0.3 is 24.1 Å². The normalized spacial score (nSPS) is 18.7. The number of alkyl carbamates (subject to hydrolysis) is 2. The Bertz CT molecular complexity index is 1830. The van der Waals surface area contributed by atoms with Crippen LogP contribution in [0.15, 0.2) is 48.5 Å². The van der Waals surface area contributed by atoms with E-state index in [9.17, 15) is 38.4 Å². The minimum Gasteiger partial charge on any atom is -0.456 e. The third-order valence-corrected chi connectivity index (χ3v) is 10.4. The summed E-state index contributed by atoms with van der Waals surface area (Å²) in [4.78, 5) is 105. The van der Waals surface area contributed by atoms with E-state index in [1.807, 2.05) is 0 Å². The van der Waals surface area contributed by atoms with Gasteiger partial charge in [-0.05, 0) is 55.6 Å². The number of esters is 2. The van der Waals surface area contributed by atoms with Gasteiger partial charge in [0.2, 0.25) is 11.8 Å². The maximum absolute atomic E-state index is 13.4. The van der Waals surface area contributed by atoms with Crippen LogP contribution in [-0.4, -0.2) is 121 Å². The van der Waals surface area contributed by atoms with Crippen molar-refractivity contribution in [2.75, 3.05) is 40.5 Å². The standard InChI is InChI=1S/C41H52N4O12/c1-24(2)33(42-39(52)54-6)35(48)44-20-8-10-30(44)37(50)56-22-31(46)28-15-11-26(12-16-28)27-13-17-29(18-14-27)32(47)23-57-38(51)41(5)19-9-21-45(41)36(49)34(25(3)4)43-40(53)55-7/h11-18,24-25,30,33-34H,8-10,19-23H2,1-7H3,(H,42,52)(H,43,53). The van der Waals surface area contributed by atoms with Crippen molar-refractivity contribution in [2.24, 2.45) is 11.8 Å². The molecule has 0 radical (unpaired) electrons. The maximum atomic E-state index is 13.4. The van der Waals surface area contributed by atoms with Gasteiger partial charge in [0.05, 0.1) is 14.2 Å². The summed E-state index contributed by atoms with van der Waals surface area (Å²) in [6.45, 7) is 8.19. The summed E-state index contributed by atoms with van der Waals surface area (Å²) in [5, 5.41) is 5.06. The Balaban J connectivity index is 1.30. The van der Waals surface area contributed by atoms with E-state index in [2.05, 4.69) is 20.1 Å². The van der Waals surface area contributed by atoms with Crippen molar-refractivity contribution in [3.8, 4) is 11.1 Å². The Hall–Kier alpha value is -5.80. The first-order valence-electron chi connectivity index (χ1n) is 18.9. The van der Waals surface area contributed by atoms with E-state index in [1.165, 1.54) is 24.0 Å². The highest BCUT2D eigenvalue weighted by atomic mass is 16.6. The van der Waals surface area contributed by atoms with E-state index in [4.69, 9.17) is 9.47 Å². The number of ether oxygens (including phenoxy) is 4. The van der Waals surface area contributed by atoms with Gasteiger partial charge < -0.3 is 39.4 Å². The minimum absolute atomic E-state index is 0.266. The molecule has 2 fully saturated rings. The van der Waals surface area contributed by atoms with Crippen LogP contribution in [0.1, 0.15) is 81.0 Å². The predicted octanol–water partition coefficient (Wildman–Crippen LogP) is 3.94. The monoisotopic (exact) mass is 792 g/mol. The van der Waals surface area contributed by atoms with E-state index < -0.39 is 84.4 Å². The molecule has 4 amide bonds. The van der Waals surface area contributed by atoms with Crippen LogP contribution in [0.2, 0.25) is 0 Å². The van der Waals surface area contributed by atoms with E-state index in [0.717, 1.165) is 11.1 Å². The Kier molecular flexibility index (Phi) is 14.9. The fourth-order valence-corrected chi connectivity index (χ4v) is 6.93. The number of carbonyl (C=O) groups excluding carboxylic acids is 8. The first kappa shape index (κ1) is 43.9. The van der Waals surface area contributed by atoms with Crippen LogP contribution in [0, 0.1) is 11.8 Å². The number of nitrogens with one attached hydrogen (secondary N) is 2. The van der Waals surface area contributed by atoms with Crippen molar-refractivity contribution in [2.45, 2.75) is 84.0 Å². The summed E-state index contributed by atoms with van der Waals surface area (Å²) >= 11 is 0. The lowest BCUT2D eigenvalue weighted by atomic mass is 9.96. The third kappa shape index (κ3) is 10.5. The van der Waals surface area contributed by atoms with E-state index in [1.54, 1.807) is 83.1 Å². The molecule has 0 spiro atoms. The van der Waals surface area contributed by atoms with Crippen molar-refractivity contribution in [3.63, 3.8) is 0 Å². The van der Waals surface area contributed by atoms with E-state index in [0.29, 0.717) is 43.4 Å². The molecule has 2 aliphatic heterocycles. The zero-order valence-corrected chi connectivity index (χ0v) is 33.5. The van der Waals surface area contributed by atoms with Crippen LogP contribution in [0.25, 0.3) is 11.1 Å². The molecular weight excluding hydrogens is 740 g/mol. The number of carbonyl (C=O) groups is 8. The van der Waals surface area contributed by atoms with Crippen LogP contribution in [0.5, 0.6) is 0 Å². The Morgan fingerprint density at radius 3 is 1.63 bits per heavy atom. The second-order valence-corrected chi connectivity index (χ2v) is 15.0. The highest BCUT2D eigenvalue weighted by molar-refractivity contribution is 6.00. The van der Waals surface area contributed by atoms with Crippen LogP contribution >= 0.6 is 0 Å². The molecule has 0 bridgehead atoms. The fourth-order valence-electron chi connectivity index (χ4n) is 6.93. The highest BCUT2D eigenvalue weighted by Gasteiger charge is 2.49. The topological polar surface area (TPSA) is 204 Å². The SMILES string of the molecule is COC(=O)NC(C(=O)N1CCCC1C(=O)OCC(=O)c1ccc(-c2ccc(C(=O)COC(=O)C3(C)CCCN3C(=O)C(NC(=O)OC)C(C)C)cc2)cc1)C(C)C. The molecular formula is C41H52N4O12. The minimum atomic E-state index is -1.32. The molecule has 16 heteroatoms. The van der Waals surface area contributed by atoms with Gasteiger partial charge in [0, 0.05) is 24.2 Å². The van der Waals surface area contributed by atoms with E-state index >= 15 is 0 Å². The maximum Gasteiger partial charge on any atom is 0.407 e. The summed E-state index contributed by atoms with van der Waals surface area (Å²) in [6, 6.07) is 10.5. The molecule has 2 N–H and O–H groups in total. The quantitative estimate of drug-likeness (QED) is 0.150. The number of hydrogen-bond acceptors (Lipinski definition) is 12. The van der Waals surface area contributed by atoms with E-state index in [-0.39, 0.29) is 18.4 Å². The number of benzene rings is 2. The molecule has 4 rings (SSSR count). The predicted molar refractivity (Wildman–Crippen MR) is 205 cm³/mol. The molecule has 308 valence electrons. The van der Waals surface area contributed by atoms with Gasteiger partial charge in [-0.1, -0.05) is 76.2 Å². The highest BCUT2D eigenvalue weighted by Crippen LogP contribution is 2.32. The van der Waals surface area contributed by atoms with Crippen LogP contribution in [0.4, 0.5) is 9.59 Å². The molecule has 2 aliphatic rings. The lowest BCUT2D eigenvalue weighted by molar-refractivity contribution is -0.160. The fraction of sp³-hybridized carbons (Fsp3) is 0.512. The lowest BCUT2D eigenvalue weighted by Crippen LogP contribution is -2.58. The first-order chi connectivity index (χ1) is 27.0. The van der Waals surface area contributed by atoms with Gasteiger partial charge in [-0.2, -0.15) is 0 Å². The molecule has 0 saturated carbocycles. The Labute approximate surface area is 331 Å². The van der Waals surface area contributed by atoms with Crippen molar-refractivity contribution < 1.29 is 57.3 Å². The summed E-state index contributed by atoms with van der Waals surface area (Å²) in [6.07, 6.45) is 0.283. The Morgan fingerprint density at radius 2 is 1.16 bits per heavy atom. The van der Waals surface area contributed by atoms with Crippen LogP contribution in [0.3, 0.4) is 0 Å². The van der Waals surface area contributed by atoms with Gasteiger partial charge in [-0.3, -0.25) is 19.2 Å². The number of hydrogen-bond donors (Lipinski definition) is 2. The van der Waals surface area contributed by atoms with Crippen molar-refractivity contribution in [3.05, 3.63) is 59.7 Å². The van der Waals surface area contributed by atoms with Gasteiger partial charge in [-0.15, -0.1) is 0 Å². The molecule has 4 atom stereocenters. The summed E-state index contributed by atoms with van der Waals surface area (Å²) in [5.74, 6) is -3.72. The van der Waals surface area contributed by atoms with Crippen molar-refractivity contribution >= 4 is 47.5 Å². The van der Waals surface area contributed by atoms with Crippen LogP contribution < -0.4 is 10.6 Å². The molecule has 2 heterocycles. The van der Waals surface area contributed by atoms with Gasteiger partial charge in [0.25, 0.3) is 0 Å². The summed E-state index contributed by atoms with van der Waals surface area (Å²) < 4.78 is 20.1. The largest absolute Gasteiger partial charge is 0.456 e. The van der Waals surface area contributed by atoms with Gasteiger partial charge in [0.1, 0.15) is 23.7 Å². The Morgan fingerprint density at radius 1 is 0.684 bits per heavy atom. The number of likely N-dealkylation sites (tertiary alicyclic amines) is 2. The second-order valence-electron chi connectivity index (χ2n) is 15.0. The summed E-state index contributed by atoms with van der Waals surface area (Å²) in [5.41, 5.74) is 0.775. The summed E-state index contributed by atoms with van der Waals surface area (Å²) in [7, 11) is 2.39. The first-order valence-corrected chi connectivity index (χ1v) is 18.9. The second kappa shape index (κ2) is 19.4. The number of rotatable bonds is 15. The number of Topliss-reactive ketones (excluding diaryl/α,β-unsaturated/α-hetero) is 2. The number of nitrogens with zero attached hydrogens (tertiary/aromatic N) is 2. The molecule has 16 nitrogen and oxygen atoms in total. The lowest BCUT2D eigenvalue weighted by Gasteiger charge is -2.36. The molecule has 2 aromatic rings. The van der Waals surface area contributed by atoms with Gasteiger partial charge in [-0.25, -0.2) is 19.2 Å².